The van der Waals surface area contributed by atoms with E-state index in [1.54, 1.807) is 30.2 Å². The summed E-state index contributed by atoms with van der Waals surface area (Å²) in [7, 11) is 1.58. The average Bonchev–Trinajstić information content (AvgIpc) is 2.91. The van der Waals surface area contributed by atoms with E-state index in [9.17, 15) is 14.0 Å². The number of hydrogen-bond donors (Lipinski definition) is 1. The normalized spacial score (nSPS) is 20.9. The van der Waals surface area contributed by atoms with E-state index in [1.807, 2.05) is 18.2 Å². The van der Waals surface area contributed by atoms with E-state index in [2.05, 4.69) is 22.0 Å². The van der Waals surface area contributed by atoms with Crippen molar-refractivity contribution < 1.29 is 18.7 Å². The third kappa shape index (κ3) is 5.94. The summed E-state index contributed by atoms with van der Waals surface area (Å²) in [5.41, 5.74) is 1.96. The van der Waals surface area contributed by atoms with Crippen LogP contribution >= 0.6 is 0 Å². The zero-order chi connectivity index (χ0) is 25.5. The second kappa shape index (κ2) is 12.4. The molecule has 7 nitrogen and oxygen atoms in total. The van der Waals surface area contributed by atoms with Crippen LogP contribution in [0.2, 0.25) is 0 Å². The molecule has 1 fully saturated rings. The van der Waals surface area contributed by atoms with Crippen molar-refractivity contribution >= 4 is 11.8 Å². The van der Waals surface area contributed by atoms with Gasteiger partial charge in [0.2, 0.25) is 5.91 Å². The van der Waals surface area contributed by atoms with Gasteiger partial charge in [0.1, 0.15) is 5.82 Å². The lowest BCUT2D eigenvalue weighted by Gasteiger charge is -2.41. The van der Waals surface area contributed by atoms with Gasteiger partial charge in [0.25, 0.3) is 5.91 Å². The first-order valence-electron chi connectivity index (χ1n) is 12.9. The van der Waals surface area contributed by atoms with Crippen molar-refractivity contribution in [3.05, 3.63) is 71.0 Å². The number of ether oxygens (including phenoxy) is 1. The largest absolute Gasteiger partial charge is 0.383 e. The highest BCUT2D eigenvalue weighted by Crippen LogP contribution is 2.42. The first kappa shape index (κ1) is 26.3. The number of halogens is 1. The second-order valence-electron chi connectivity index (χ2n) is 9.47. The average molecular weight is 497 g/mol. The molecule has 0 saturated carbocycles. The first-order valence-corrected chi connectivity index (χ1v) is 12.9. The van der Waals surface area contributed by atoms with Crippen LogP contribution in [0.1, 0.15) is 46.8 Å². The molecule has 2 aromatic rings. The molecule has 2 amide bonds. The maximum atomic E-state index is 13.7. The Labute approximate surface area is 213 Å². The lowest BCUT2D eigenvalue weighted by atomic mass is 9.79. The van der Waals surface area contributed by atoms with Gasteiger partial charge < -0.3 is 24.8 Å². The first-order chi connectivity index (χ1) is 17.5. The summed E-state index contributed by atoms with van der Waals surface area (Å²) in [6.45, 7) is 9.75. The Morgan fingerprint density at radius 2 is 1.72 bits per heavy atom. The predicted octanol–water partition coefficient (Wildman–Crippen LogP) is 2.90. The Hall–Kier alpha value is -2.81. The van der Waals surface area contributed by atoms with Crippen molar-refractivity contribution in [2.24, 2.45) is 0 Å². The van der Waals surface area contributed by atoms with Crippen LogP contribution in [-0.4, -0.2) is 92.6 Å². The number of rotatable bonds is 10. The number of nitrogens with one attached hydrogen (secondary N) is 1. The van der Waals surface area contributed by atoms with Crippen LogP contribution in [0.25, 0.3) is 0 Å². The molecule has 0 aliphatic carbocycles. The molecular weight excluding hydrogens is 459 g/mol. The van der Waals surface area contributed by atoms with Crippen LogP contribution in [0.5, 0.6) is 0 Å². The van der Waals surface area contributed by atoms with Crippen molar-refractivity contribution in [3.8, 4) is 0 Å². The zero-order valence-corrected chi connectivity index (χ0v) is 21.3. The minimum atomic E-state index is -0.602. The fourth-order valence-corrected chi connectivity index (χ4v) is 5.29. The molecule has 2 aliphatic heterocycles. The van der Waals surface area contributed by atoms with E-state index < -0.39 is 12.0 Å². The molecule has 2 aromatic carbocycles. The SMILES string of the molecule is CCN1CCN(CCCNC(=O)[C@H]2c3ccccc3C(=O)N(CCOC)[C@@H]2c2ccc(F)cc2)CC1. The minimum Gasteiger partial charge on any atom is -0.383 e. The van der Waals surface area contributed by atoms with Gasteiger partial charge >= 0.3 is 0 Å². The van der Waals surface area contributed by atoms with Crippen molar-refractivity contribution in [1.82, 2.24) is 20.0 Å². The molecule has 1 saturated heterocycles. The lowest BCUT2D eigenvalue weighted by molar-refractivity contribution is -0.124. The van der Waals surface area contributed by atoms with Gasteiger partial charge in [-0.1, -0.05) is 37.3 Å². The van der Waals surface area contributed by atoms with E-state index in [1.165, 1.54) is 12.1 Å². The molecule has 2 atom stereocenters. The summed E-state index contributed by atoms with van der Waals surface area (Å²) in [5.74, 6) is -1.23. The van der Waals surface area contributed by atoms with Gasteiger partial charge in [-0.3, -0.25) is 9.59 Å². The van der Waals surface area contributed by atoms with Gasteiger partial charge in [-0.05, 0) is 48.8 Å². The van der Waals surface area contributed by atoms with Crippen LogP contribution in [0.15, 0.2) is 48.5 Å². The van der Waals surface area contributed by atoms with Gasteiger partial charge in [0, 0.05) is 51.9 Å². The predicted molar refractivity (Wildman–Crippen MR) is 137 cm³/mol. The van der Waals surface area contributed by atoms with E-state index in [0.717, 1.165) is 51.3 Å². The molecular formula is C28H37FN4O3. The molecule has 0 bridgehead atoms. The van der Waals surface area contributed by atoms with Crippen molar-refractivity contribution in [1.29, 1.82) is 0 Å². The third-order valence-corrected chi connectivity index (χ3v) is 7.33. The maximum absolute atomic E-state index is 13.7. The molecule has 2 heterocycles. The molecule has 0 spiro atoms. The lowest BCUT2D eigenvalue weighted by Crippen LogP contribution is -2.49. The fraction of sp³-hybridized carbons (Fsp3) is 0.500. The molecule has 36 heavy (non-hydrogen) atoms. The Bertz CT molecular complexity index is 1020. The zero-order valence-electron chi connectivity index (χ0n) is 21.3. The Balaban J connectivity index is 1.52. The highest BCUT2D eigenvalue weighted by atomic mass is 19.1. The molecule has 0 unspecified atom stereocenters. The fourth-order valence-electron chi connectivity index (χ4n) is 5.29. The van der Waals surface area contributed by atoms with Crippen LogP contribution in [0.4, 0.5) is 4.39 Å². The standard InChI is InChI=1S/C28H37FN4O3/c1-3-31-15-17-32(18-16-31)14-6-13-30-27(34)25-23-7-4-5-8-24(23)28(35)33(19-20-36-2)26(25)21-9-11-22(29)12-10-21/h4-5,7-12,25-26H,3,6,13-20H2,1-2H3,(H,30,34)/t25-,26+/m0/s1. The van der Waals surface area contributed by atoms with E-state index in [4.69, 9.17) is 4.74 Å². The maximum Gasteiger partial charge on any atom is 0.254 e. The number of amides is 2. The van der Waals surface area contributed by atoms with Gasteiger partial charge in [-0.25, -0.2) is 4.39 Å². The summed E-state index contributed by atoms with van der Waals surface area (Å²) in [5, 5.41) is 3.14. The van der Waals surface area contributed by atoms with Crippen LogP contribution in [0, 0.1) is 5.82 Å². The van der Waals surface area contributed by atoms with E-state index >= 15 is 0 Å². The molecule has 8 heteroatoms. The number of nitrogens with zero attached hydrogens (tertiary/aromatic N) is 3. The topological polar surface area (TPSA) is 65.1 Å². The summed E-state index contributed by atoms with van der Waals surface area (Å²) in [6, 6.07) is 12.8. The third-order valence-electron chi connectivity index (χ3n) is 7.33. The van der Waals surface area contributed by atoms with Gasteiger partial charge in [-0.15, -0.1) is 0 Å². The Morgan fingerprint density at radius 1 is 1.03 bits per heavy atom. The number of methoxy groups -OCH3 is 1. The monoisotopic (exact) mass is 496 g/mol. The summed E-state index contributed by atoms with van der Waals surface area (Å²) >= 11 is 0. The van der Waals surface area contributed by atoms with Gasteiger partial charge in [-0.2, -0.15) is 0 Å². The Morgan fingerprint density at radius 3 is 2.42 bits per heavy atom. The molecule has 2 aliphatic rings. The molecule has 0 aromatic heterocycles. The number of piperazine rings is 1. The summed E-state index contributed by atoms with van der Waals surface area (Å²) in [4.78, 5) is 33.8. The smallest absolute Gasteiger partial charge is 0.254 e. The van der Waals surface area contributed by atoms with Crippen LogP contribution in [0.3, 0.4) is 0 Å². The number of hydrogen-bond acceptors (Lipinski definition) is 5. The van der Waals surface area contributed by atoms with E-state index in [-0.39, 0.29) is 17.6 Å². The highest BCUT2D eigenvalue weighted by molar-refractivity contribution is 6.01. The van der Waals surface area contributed by atoms with Crippen LogP contribution in [-0.2, 0) is 9.53 Å². The number of carbonyl (C=O) groups is 2. The molecule has 4 rings (SSSR count). The number of fused-ring (bicyclic) bond motifs is 1. The minimum absolute atomic E-state index is 0.123. The number of carbonyl (C=O) groups excluding carboxylic acids is 2. The molecule has 194 valence electrons. The summed E-state index contributed by atoms with van der Waals surface area (Å²) in [6.07, 6.45) is 0.861. The van der Waals surface area contributed by atoms with Crippen molar-refractivity contribution in [2.75, 3.05) is 66.1 Å². The number of likely N-dealkylation sites (N-methyl/N-ethyl adjacent to an activating group) is 1. The number of benzene rings is 2. The second-order valence-corrected chi connectivity index (χ2v) is 9.47. The van der Waals surface area contributed by atoms with Crippen molar-refractivity contribution in [2.45, 2.75) is 25.3 Å². The van der Waals surface area contributed by atoms with Crippen molar-refractivity contribution in [3.63, 3.8) is 0 Å². The summed E-state index contributed by atoms with van der Waals surface area (Å²) < 4.78 is 19.0. The molecule has 0 radical (unpaired) electrons. The van der Waals surface area contributed by atoms with Gasteiger partial charge in [0.15, 0.2) is 0 Å². The van der Waals surface area contributed by atoms with Gasteiger partial charge in [0.05, 0.1) is 18.6 Å². The quantitative estimate of drug-likeness (QED) is 0.513. The van der Waals surface area contributed by atoms with Crippen LogP contribution < -0.4 is 5.32 Å². The van der Waals surface area contributed by atoms with E-state index in [0.29, 0.717) is 30.8 Å². The highest BCUT2D eigenvalue weighted by Gasteiger charge is 2.43. The molecule has 1 N–H and O–H groups in total. The Kier molecular flexibility index (Phi) is 9.07.